The number of hydrogen-bond donors (Lipinski definition) is 1. The average molecular weight is 259 g/mol. The third kappa shape index (κ3) is 5.39. The van der Waals surface area contributed by atoms with Crippen LogP contribution in [0.25, 0.3) is 0 Å². The molecule has 0 saturated heterocycles. The van der Waals surface area contributed by atoms with Crippen LogP contribution in [0.2, 0.25) is 0 Å². The van der Waals surface area contributed by atoms with E-state index < -0.39 is 5.82 Å². The number of aliphatic hydroxyl groups is 1. The first-order valence-corrected chi connectivity index (χ1v) is 5.72. The predicted octanol–water partition coefficient (Wildman–Crippen LogP) is 1.14. The largest absolute Gasteiger partial charge is 0.475 e. The fraction of sp³-hybridized carbons (Fsp3) is 0.583. The van der Waals surface area contributed by atoms with Crippen molar-refractivity contribution < 1.29 is 23.7 Å². The van der Waals surface area contributed by atoms with Crippen molar-refractivity contribution in [1.82, 2.24) is 4.98 Å². The Hall–Kier alpha value is -1.24. The van der Waals surface area contributed by atoms with Gasteiger partial charge in [0, 0.05) is 25.9 Å². The molecule has 0 bridgehead atoms. The standard InChI is InChI=1S/C12H18FNO4/c1-16-3-2-4-17-5-6-18-12-10(9-15)7-11(13)8-14-12/h7-8,15H,2-6,9H2,1H3. The van der Waals surface area contributed by atoms with Crippen LogP contribution in [0.15, 0.2) is 12.3 Å². The number of halogens is 1. The lowest BCUT2D eigenvalue weighted by Crippen LogP contribution is -2.10. The van der Waals surface area contributed by atoms with Crippen LogP contribution in [-0.4, -0.2) is 43.6 Å². The molecular weight excluding hydrogens is 241 g/mol. The lowest BCUT2D eigenvalue weighted by molar-refractivity contribution is 0.0788. The van der Waals surface area contributed by atoms with Gasteiger partial charge in [0.1, 0.15) is 12.4 Å². The van der Waals surface area contributed by atoms with Gasteiger partial charge >= 0.3 is 0 Å². The van der Waals surface area contributed by atoms with Gasteiger partial charge in [-0.05, 0) is 12.5 Å². The van der Waals surface area contributed by atoms with E-state index in [1.807, 2.05) is 0 Å². The lowest BCUT2D eigenvalue weighted by atomic mass is 10.3. The zero-order chi connectivity index (χ0) is 13.2. The van der Waals surface area contributed by atoms with Crippen molar-refractivity contribution >= 4 is 0 Å². The number of pyridine rings is 1. The van der Waals surface area contributed by atoms with Crippen LogP contribution in [0.1, 0.15) is 12.0 Å². The van der Waals surface area contributed by atoms with E-state index in [1.54, 1.807) is 7.11 Å². The predicted molar refractivity (Wildman–Crippen MR) is 62.9 cm³/mol. The van der Waals surface area contributed by atoms with Crippen molar-refractivity contribution in [1.29, 1.82) is 0 Å². The summed E-state index contributed by atoms with van der Waals surface area (Å²) in [6.07, 6.45) is 1.88. The Morgan fingerprint density at radius 3 is 2.83 bits per heavy atom. The first-order valence-electron chi connectivity index (χ1n) is 5.72. The van der Waals surface area contributed by atoms with Gasteiger partial charge in [0.2, 0.25) is 5.88 Å². The van der Waals surface area contributed by atoms with E-state index in [0.29, 0.717) is 32.0 Å². The molecule has 0 spiro atoms. The molecule has 18 heavy (non-hydrogen) atoms. The minimum Gasteiger partial charge on any atom is -0.475 e. The zero-order valence-corrected chi connectivity index (χ0v) is 10.4. The second kappa shape index (κ2) is 8.79. The zero-order valence-electron chi connectivity index (χ0n) is 10.4. The second-order valence-corrected chi connectivity index (χ2v) is 3.58. The molecule has 1 heterocycles. The smallest absolute Gasteiger partial charge is 0.219 e. The Morgan fingerprint density at radius 1 is 1.28 bits per heavy atom. The highest BCUT2D eigenvalue weighted by atomic mass is 19.1. The molecule has 0 radical (unpaired) electrons. The molecule has 1 aromatic heterocycles. The fourth-order valence-corrected chi connectivity index (χ4v) is 1.32. The van der Waals surface area contributed by atoms with Crippen LogP contribution in [0.4, 0.5) is 4.39 Å². The van der Waals surface area contributed by atoms with Gasteiger partial charge in [0.05, 0.1) is 19.4 Å². The molecule has 1 aromatic rings. The molecule has 5 nitrogen and oxygen atoms in total. The Morgan fingerprint density at radius 2 is 2.11 bits per heavy atom. The first kappa shape index (κ1) is 14.8. The minimum atomic E-state index is -0.498. The van der Waals surface area contributed by atoms with Crippen LogP contribution >= 0.6 is 0 Å². The molecule has 0 aliphatic carbocycles. The van der Waals surface area contributed by atoms with Gasteiger partial charge in [-0.2, -0.15) is 0 Å². The van der Waals surface area contributed by atoms with Gasteiger partial charge in [0.15, 0.2) is 0 Å². The van der Waals surface area contributed by atoms with Gasteiger partial charge in [-0.25, -0.2) is 9.37 Å². The monoisotopic (exact) mass is 259 g/mol. The van der Waals surface area contributed by atoms with Crippen molar-refractivity contribution in [3.8, 4) is 5.88 Å². The summed E-state index contributed by atoms with van der Waals surface area (Å²) in [4.78, 5) is 3.76. The second-order valence-electron chi connectivity index (χ2n) is 3.58. The van der Waals surface area contributed by atoms with E-state index >= 15 is 0 Å². The molecule has 6 heteroatoms. The van der Waals surface area contributed by atoms with Crippen molar-refractivity contribution in [2.45, 2.75) is 13.0 Å². The number of ether oxygens (including phenoxy) is 3. The van der Waals surface area contributed by atoms with E-state index in [4.69, 9.17) is 19.3 Å². The van der Waals surface area contributed by atoms with Crippen LogP contribution in [0.5, 0.6) is 5.88 Å². The number of nitrogens with zero attached hydrogens (tertiary/aromatic N) is 1. The summed E-state index contributed by atoms with van der Waals surface area (Å²) in [6, 6.07) is 1.20. The van der Waals surface area contributed by atoms with E-state index in [0.717, 1.165) is 12.6 Å². The summed E-state index contributed by atoms with van der Waals surface area (Å²) in [5, 5.41) is 9.01. The van der Waals surface area contributed by atoms with Gasteiger partial charge < -0.3 is 19.3 Å². The van der Waals surface area contributed by atoms with Crippen LogP contribution in [0, 0.1) is 5.82 Å². The first-order chi connectivity index (χ1) is 8.77. The summed E-state index contributed by atoms with van der Waals surface area (Å²) in [7, 11) is 1.64. The average Bonchev–Trinajstić information content (AvgIpc) is 2.39. The molecule has 0 aromatic carbocycles. The summed E-state index contributed by atoms with van der Waals surface area (Å²) < 4.78 is 28.3. The fourth-order valence-electron chi connectivity index (χ4n) is 1.32. The molecule has 1 N–H and O–H groups in total. The number of aromatic nitrogens is 1. The molecule has 0 aliphatic rings. The molecule has 0 amide bonds. The summed E-state index contributed by atoms with van der Waals surface area (Å²) in [5.41, 5.74) is 0.328. The van der Waals surface area contributed by atoms with E-state index in [1.165, 1.54) is 6.07 Å². The van der Waals surface area contributed by atoms with E-state index in [-0.39, 0.29) is 12.5 Å². The normalized spacial score (nSPS) is 10.6. The Balaban J connectivity index is 2.22. The van der Waals surface area contributed by atoms with E-state index in [9.17, 15) is 4.39 Å². The van der Waals surface area contributed by atoms with Gasteiger partial charge in [-0.15, -0.1) is 0 Å². The Bertz CT molecular complexity index is 349. The maximum Gasteiger partial charge on any atom is 0.219 e. The number of rotatable bonds is 9. The Kier molecular flexibility index (Phi) is 7.24. The van der Waals surface area contributed by atoms with Crippen LogP contribution < -0.4 is 4.74 Å². The number of aliphatic hydroxyl groups excluding tert-OH is 1. The highest BCUT2D eigenvalue weighted by molar-refractivity contribution is 5.25. The summed E-state index contributed by atoms with van der Waals surface area (Å²) in [6.45, 7) is 1.66. The highest BCUT2D eigenvalue weighted by Gasteiger charge is 2.06. The minimum absolute atomic E-state index is 0.236. The van der Waals surface area contributed by atoms with Crippen molar-refractivity contribution in [2.24, 2.45) is 0 Å². The molecule has 0 aliphatic heterocycles. The van der Waals surface area contributed by atoms with Crippen molar-refractivity contribution in [3.63, 3.8) is 0 Å². The number of methoxy groups -OCH3 is 1. The lowest BCUT2D eigenvalue weighted by Gasteiger charge is -2.09. The van der Waals surface area contributed by atoms with Crippen molar-refractivity contribution in [2.75, 3.05) is 33.5 Å². The van der Waals surface area contributed by atoms with Gasteiger partial charge in [-0.3, -0.25) is 0 Å². The molecule has 0 unspecified atom stereocenters. The third-order valence-corrected chi connectivity index (χ3v) is 2.17. The Labute approximate surface area is 106 Å². The maximum absolute atomic E-state index is 12.8. The molecular formula is C12H18FNO4. The molecule has 0 fully saturated rings. The number of hydrogen-bond acceptors (Lipinski definition) is 5. The van der Waals surface area contributed by atoms with Crippen molar-refractivity contribution in [3.05, 3.63) is 23.6 Å². The maximum atomic E-state index is 12.8. The van der Waals surface area contributed by atoms with Crippen LogP contribution in [-0.2, 0) is 16.1 Å². The van der Waals surface area contributed by atoms with Gasteiger partial charge in [-0.1, -0.05) is 0 Å². The SMILES string of the molecule is COCCCOCCOc1ncc(F)cc1CO. The molecule has 1 rings (SSSR count). The summed E-state index contributed by atoms with van der Waals surface area (Å²) in [5.74, 6) is -0.262. The quantitative estimate of drug-likeness (QED) is 0.674. The molecule has 102 valence electrons. The third-order valence-electron chi connectivity index (χ3n) is 2.17. The topological polar surface area (TPSA) is 60.8 Å². The highest BCUT2D eigenvalue weighted by Crippen LogP contribution is 2.15. The van der Waals surface area contributed by atoms with Gasteiger partial charge in [0.25, 0.3) is 0 Å². The van der Waals surface area contributed by atoms with E-state index in [2.05, 4.69) is 4.98 Å². The van der Waals surface area contributed by atoms with Crippen LogP contribution in [0.3, 0.4) is 0 Å². The molecule has 0 atom stereocenters. The summed E-state index contributed by atoms with van der Waals surface area (Å²) >= 11 is 0. The molecule has 0 saturated carbocycles.